The van der Waals surface area contributed by atoms with Crippen molar-refractivity contribution in [2.75, 3.05) is 20.0 Å². The van der Waals surface area contributed by atoms with Gasteiger partial charge in [-0.25, -0.2) is 4.98 Å². The Kier molecular flexibility index (Phi) is 3.86. The second-order valence-corrected chi connectivity index (χ2v) is 3.71. The van der Waals surface area contributed by atoms with Crippen LogP contribution >= 0.6 is 0 Å². The van der Waals surface area contributed by atoms with Crippen molar-refractivity contribution >= 4 is 5.82 Å². The fourth-order valence-corrected chi connectivity index (χ4v) is 1.56. The van der Waals surface area contributed by atoms with Crippen molar-refractivity contribution in [1.82, 2.24) is 9.97 Å². The SMILES string of the molecule is COc1cc(C#N)cc(Oc2ncnc(N)c2OC)c1. The first-order valence-electron chi connectivity index (χ1n) is 5.59. The van der Waals surface area contributed by atoms with Gasteiger partial charge in [-0.1, -0.05) is 0 Å². The molecule has 1 aromatic carbocycles. The zero-order valence-corrected chi connectivity index (χ0v) is 11.0. The maximum atomic E-state index is 8.96. The largest absolute Gasteiger partial charge is 0.497 e. The topological polar surface area (TPSA) is 103 Å². The van der Waals surface area contributed by atoms with E-state index in [4.69, 9.17) is 25.2 Å². The minimum absolute atomic E-state index is 0.164. The smallest absolute Gasteiger partial charge is 0.268 e. The Morgan fingerprint density at radius 3 is 2.50 bits per heavy atom. The minimum atomic E-state index is 0.164. The van der Waals surface area contributed by atoms with Crippen molar-refractivity contribution in [3.63, 3.8) is 0 Å². The van der Waals surface area contributed by atoms with E-state index in [1.807, 2.05) is 6.07 Å². The summed E-state index contributed by atoms with van der Waals surface area (Å²) in [7, 11) is 2.94. The summed E-state index contributed by atoms with van der Waals surface area (Å²) in [6.07, 6.45) is 1.26. The molecule has 2 aromatic rings. The van der Waals surface area contributed by atoms with Crippen LogP contribution in [0.25, 0.3) is 0 Å². The first-order chi connectivity index (χ1) is 9.67. The summed E-state index contributed by atoms with van der Waals surface area (Å²) >= 11 is 0. The van der Waals surface area contributed by atoms with Gasteiger partial charge in [0.1, 0.15) is 17.8 Å². The van der Waals surface area contributed by atoms with Crippen molar-refractivity contribution in [2.45, 2.75) is 0 Å². The highest BCUT2D eigenvalue weighted by atomic mass is 16.5. The molecule has 20 heavy (non-hydrogen) atoms. The van der Waals surface area contributed by atoms with Crippen LogP contribution in [0.1, 0.15) is 5.56 Å². The number of hydrogen-bond donors (Lipinski definition) is 1. The Bertz CT molecular complexity index is 667. The van der Waals surface area contributed by atoms with E-state index >= 15 is 0 Å². The first-order valence-corrected chi connectivity index (χ1v) is 5.59. The van der Waals surface area contributed by atoms with Crippen LogP contribution in [-0.4, -0.2) is 24.2 Å². The standard InChI is InChI=1S/C13H12N4O3/c1-18-9-3-8(6-14)4-10(5-9)20-13-11(19-2)12(15)16-7-17-13/h3-5,7H,1-2H3,(H2,15,16,17). The van der Waals surface area contributed by atoms with Gasteiger partial charge in [0.05, 0.1) is 25.9 Å². The van der Waals surface area contributed by atoms with E-state index in [1.165, 1.54) is 20.5 Å². The second-order valence-electron chi connectivity index (χ2n) is 3.71. The molecule has 1 aromatic heterocycles. The van der Waals surface area contributed by atoms with E-state index in [-0.39, 0.29) is 17.4 Å². The molecule has 7 nitrogen and oxygen atoms in total. The number of ether oxygens (including phenoxy) is 3. The third-order valence-electron chi connectivity index (χ3n) is 2.46. The number of nitrogens with two attached hydrogens (primary N) is 1. The van der Waals surface area contributed by atoms with Crippen LogP contribution in [0, 0.1) is 11.3 Å². The Hall–Kier alpha value is -3.01. The molecule has 2 rings (SSSR count). The molecule has 0 saturated carbocycles. The molecule has 0 amide bonds. The molecule has 0 bridgehead atoms. The van der Waals surface area contributed by atoms with Crippen LogP contribution in [0.5, 0.6) is 23.1 Å². The highest BCUT2D eigenvalue weighted by Gasteiger charge is 2.13. The predicted molar refractivity (Wildman–Crippen MR) is 70.8 cm³/mol. The molecule has 0 atom stereocenters. The molecule has 0 radical (unpaired) electrons. The van der Waals surface area contributed by atoms with Gasteiger partial charge in [-0.15, -0.1) is 0 Å². The number of benzene rings is 1. The van der Waals surface area contributed by atoms with Crippen LogP contribution in [0.2, 0.25) is 0 Å². The van der Waals surface area contributed by atoms with Crippen molar-refractivity contribution < 1.29 is 14.2 Å². The molecule has 0 spiro atoms. The van der Waals surface area contributed by atoms with Gasteiger partial charge in [0.15, 0.2) is 5.82 Å². The lowest BCUT2D eigenvalue weighted by atomic mass is 10.2. The molecule has 0 fully saturated rings. The second kappa shape index (κ2) is 5.75. The quantitative estimate of drug-likeness (QED) is 0.903. The molecule has 102 valence electrons. The first kappa shape index (κ1) is 13.4. The van der Waals surface area contributed by atoms with Crippen LogP contribution in [0.15, 0.2) is 24.5 Å². The maximum absolute atomic E-state index is 8.96. The normalized spacial score (nSPS) is 9.65. The Labute approximate surface area is 115 Å². The average molecular weight is 272 g/mol. The number of hydrogen-bond acceptors (Lipinski definition) is 7. The minimum Gasteiger partial charge on any atom is -0.497 e. The van der Waals surface area contributed by atoms with E-state index in [0.717, 1.165) is 0 Å². The van der Waals surface area contributed by atoms with Crippen molar-refractivity contribution in [1.29, 1.82) is 5.26 Å². The molecule has 0 aliphatic carbocycles. The highest BCUT2D eigenvalue weighted by molar-refractivity contribution is 5.53. The summed E-state index contributed by atoms with van der Waals surface area (Å²) < 4.78 is 15.8. The lowest BCUT2D eigenvalue weighted by Gasteiger charge is -2.11. The van der Waals surface area contributed by atoms with Gasteiger partial charge in [0, 0.05) is 6.07 Å². The lowest BCUT2D eigenvalue weighted by molar-refractivity contribution is 0.367. The van der Waals surface area contributed by atoms with Gasteiger partial charge in [0.25, 0.3) is 5.88 Å². The molecule has 2 N–H and O–H groups in total. The summed E-state index contributed by atoms with van der Waals surface area (Å²) in [4.78, 5) is 7.76. The zero-order chi connectivity index (χ0) is 14.5. The monoisotopic (exact) mass is 272 g/mol. The number of nitriles is 1. The van der Waals surface area contributed by atoms with Crippen molar-refractivity contribution in [3.05, 3.63) is 30.1 Å². The summed E-state index contributed by atoms with van der Waals surface area (Å²) in [6.45, 7) is 0. The Morgan fingerprint density at radius 1 is 1.10 bits per heavy atom. The molecular weight excluding hydrogens is 260 g/mol. The summed E-state index contributed by atoms with van der Waals surface area (Å²) in [5.74, 6) is 1.45. The predicted octanol–water partition coefficient (Wildman–Crippen LogP) is 1.74. The number of methoxy groups -OCH3 is 2. The fourth-order valence-electron chi connectivity index (χ4n) is 1.56. The summed E-state index contributed by atoms with van der Waals surface area (Å²) in [5, 5.41) is 8.96. The summed E-state index contributed by atoms with van der Waals surface area (Å²) in [6, 6.07) is 6.79. The number of nitrogen functional groups attached to an aromatic ring is 1. The zero-order valence-electron chi connectivity index (χ0n) is 11.0. The van der Waals surface area contributed by atoms with Crippen LogP contribution in [-0.2, 0) is 0 Å². The van der Waals surface area contributed by atoms with E-state index in [0.29, 0.717) is 17.1 Å². The van der Waals surface area contributed by atoms with Gasteiger partial charge < -0.3 is 19.9 Å². The van der Waals surface area contributed by atoms with Crippen LogP contribution in [0.4, 0.5) is 5.82 Å². The maximum Gasteiger partial charge on any atom is 0.268 e. The van der Waals surface area contributed by atoms with Crippen LogP contribution < -0.4 is 19.9 Å². The van der Waals surface area contributed by atoms with Crippen molar-refractivity contribution in [2.24, 2.45) is 0 Å². The Balaban J connectivity index is 2.40. The molecule has 0 aliphatic rings. The van der Waals surface area contributed by atoms with Gasteiger partial charge in [-0.3, -0.25) is 0 Å². The number of rotatable bonds is 4. The molecule has 1 heterocycles. The number of anilines is 1. The number of nitrogens with zero attached hydrogens (tertiary/aromatic N) is 3. The fraction of sp³-hybridized carbons (Fsp3) is 0.154. The average Bonchev–Trinajstić information content (AvgIpc) is 2.47. The summed E-state index contributed by atoms with van der Waals surface area (Å²) in [5.41, 5.74) is 6.07. The molecule has 0 saturated heterocycles. The van der Waals surface area contributed by atoms with E-state index in [2.05, 4.69) is 9.97 Å². The van der Waals surface area contributed by atoms with Crippen LogP contribution in [0.3, 0.4) is 0 Å². The highest BCUT2D eigenvalue weighted by Crippen LogP contribution is 2.34. The van der Waals surface area contributed by atoms with E-state index in [9.17, 15) is 0 Å². The van der Waals surface area contributed by atoms with Gasteiger partial charge in [-0.2, -0.15) is 10.2 Å². The molecule has 7 heteroatoms. The molecule has 0 aliphatic heterocycles. The van der Waals surface area contributed by atoms with Gasteiger partial charge >= 0.3 is 0 Å². The molecule has 0 unspecified atom stereocenters. The number of aromatic nitrogens is 2. The van der Waals surface area contributed by atoms with E-state index < -0.39 is 0 Å². The van der Waals surface area contributed by atoms with Crippen molar-refractivity contribution in [3.8, 4) is 29.2 Å². The van der Waals surface area contributed by atoms with E-state index in [1.54, 1.807) is 18.2 Å². The van der Waals surface area contributed by atoms with Gasteiger partial charge in [-0.05, 0) is 12.1 Å². The lowest BCUT2D eigenvalue weighted by Crippen LogP contribution is -2.00. The Morgan fingerprint density at radius 2 is 1.85 bits per heavy atom. The third-order valence-corrected chi connectivity index (χ3v) is 2.46. The third kappa shape index (κ3) is 2.70. The molecular formula is C13H12N4O3. The van der Waals surface area contributed by atoms with Gasteiger partial charge in [0.2, 0.25) is 5.75 Å².